The summed E-state index contributed by atoms with van der Waals surface area (Å²) < 4.78 is 6.44. The Morgan fingerprint density at radius 2 is 2.21 bits per heavy atom. The van der Waals surface area contributed by atoms with Crippen LogP contribution in [-0.2, 0) is 24.2 Å². The number of hydrogen-bond acceptors (Lipinski definition) is 3. The molecule has 0 fully saturated rings. The lowest BCUT2D eigenvalue weighted by Gasteiger charge is -2.17. The Morgan fingerprint density at radius 3 is 3.05 bits per heavy atom. The number of aromatic nitrogens is 2. The summed E-state index contributed by atoms with van der Waals surface area (Å²) in [5.41, 5.74) is 3.12. The van der Waals surface area contributed by atoms with Gasteiger partial charge in [0.25, 0.3) is 0 Å². The van der Waals surface area contributed by atoms with E-state index in [2.05, 4.69) is 38.0 Å². The molecule has 0 N–H and O–H groups in total. The van der Waals surface area contributed by atoms with Crippen LogP contribution in [0, 0.1) is 0 Å². The van der Waals surface area contributed by atoms with Gasteiger partial charge in [-0.15, -0.1) is 0 Å². The number of ether oxygens (including phenoxy) is 1. The lowest BCUT2D eigenvalue weighted by molar-refractivity contribution is 0.109. The third-order valence-corrected chi connectivity index (χ3v) is 3.88. The molecule has 0 atom stereocenters. The van der Waals surface area contributed by atoms with E-state index < -0.39 is 0 Å². The first-order valence-corrected chi connectivity index (χ1v) is 7.26. The van der Waals surface area contributed by atoms with E-state index >= 15 is 0 Å². The van der Waals surface area contributed by atoms with Gasteiger partial charge in [0, 0.05) is 22.9 Å². The maximum Gasteiger partial charge on any atom is 0.138 e. The van der Waals surface area contributed by atoms with Crippen LogP contribution in [0.5, 0.6) is 0 Å². The first-order chi connectivity index (χ1) is 9.22. The Hall–Kier alpha value is -0.970. The fourth-order valence-electron chi connectivity index (χ4n) is 2.15. The number of halogens is 2. The predicted octanol–water partition coefficient (Wildman–Crippen LogP) is 3.56. The van der Waals surface area contributed by atoms with Gasteiger partial charge in [-0.05, 0) is 17.7 Å². The predicted molar refractivity (Wildman–Crippen MR) is 77.4 cm³/mol. The third-order valence-electron chi connectivity index (χ3n) is 3.07. The molecule has 3 nitrogen and oxygen atoms in total. The molecule has 3 rings (SSSR count). The van der Waals surface area contributed by atoms with Crippen LogP contribution in [0.1, 0.15) is 22.6 Å². The highest BCUT2D eigenvalue weighted by Crippen LogP contribution is 2.23. The second-order valence-corrected chi connectivity index (χ2v) is 5.74. The van der Waals surface area contributed by atoms with E-state index in [1.807, 2.05) is 12.1 Å². The molecule has 0 saturated carbocycles. The van der Waals surface area contributed by atoms with Gasteiger partial charge < -0.3 is 4.74 Å². The average Bonchev–Trinajstić information content (AvgIpc) is 2.39. The number of benzene rings is 1. The number of rotatable bonds is 2. The van der Waals surface area contributed by atoms with Crippen LogP contribution in [-0.4, -0.2) is 16.6 Å². The zero-order valence-corrected chi connectivity index (χ0v) is 12.5. The Morgan fingerprint density at radius 1 is 1.32 bits per heavy atom. The van der Waals surface area contributed by atoms with Gasteiger partial charge in [0.2, 0.25) is 0 Å². The normalized spacial score (nSPS) is 14.2. The molecule has 0 unspecified atom stereocenters. The van der Waals surface area contributed by atoms with Crippen molar-refractivity contribution in [3.63, 3.8) is 0 Å². The summed E-state index contributed by atoms with van der Waals surface area (Å²) >= 11 is 9.67. The molecular weight excluding hydrogens is 328 g/mol. The highest BCUT2D eigenvalue weighted by Gasteiger charge is 2.17. The van der Waals surface area contributed by atoms with Crippen molar-refractivity contribution < 1.29 is 4.74 Å². The third kappa shape index (κ3) is 2.96. The molecule has 1 aliphatic rings. The van der Waals surface area contributed by atoms with Gasteiger partial charge in [0.15, 0.2) is 0 Å². The van der Waals surface area contributed by atoms with Crippen molar-refractivity contribution in [2.75, 3.05) is 6.61 Å². The molecule has 5 heteroatoms. The Labute approximate surface area is 125 Å². The van der Waals surface area contributed by atoms with Gasteiger partial charge in [-0.2, -0.15) is 0 Å². The maximum absolute atomic E-state index is 6.20. The van der Waals surface area contributed by atoms with Gasteiger partial charge in [-0.25, -0.2) is 9.97 Å². The molecule has 0 bridgehead atoms. The first-order valence-electron chi connectivity index (χ1n) is 6.09. The molecule has 2 aromatic rings. The van der Waals surface area contributed by atoms with Gasteiger partial charge in [0.05, 0.1) is 18.9 Å². The van der Waals surface area contributed by atoms with E-state index in [1.165, 1.54) is 0 Å². The lowest BCUT2D eigenvalue weighted by atomic mass is 10.1. The summed E-state index contributed by atoms with van der Waals surface area (Å²) in [6.07, 6.45) is 1.50. The van der Waals surface area contributed by atoms with E-state index in [4.69, 9.17) is 16.3 Å². The Balaban J connectivity index is 1.91. The van der Waals surface area contributed by atoms with Gasteiger partial charge >= 0.3 is 0 Å². The number of nitrogens with zero attached hydrogens (tertiary/aromatic N) is 2. The standard InChI is InChI=1S/C14H12BrClN2O/c15-10-3-1-2-9(6-10)7-13-17-12-4-5-19-8-11(12)14(16)18-13/h1-3,6H,4-5,7-8H2. The van der Waals surface area contributed by atoms with Crippen molar-refractivity contribution in [1.29, 1.82) is 0 Å². The van der Waals surface area contributed by atoms with Crippen LogP contribution >= 0.6 is 27.5 Å². The Bertz CT molecular complexity index is 618. The van der Waals surface area contributed by atoms with Crippen LogP contribution < -0.4 is 0 Å². The second-order valence-electron chi connectivity index (χ2n) is 4.47. The monoisotopic (exact) mass is 338 g/mol. The van der Waals surface area contributed by atoms with Gasteiger partial charge in [-0.1, -0.05) is 39.7 Å². The minimum atomic E-state index is 0.519. The molecule has 1 aliphatic heterocycles. The minimum Gasteiger partial charge on any atom is -0.376 e. The fourth-order valence-corrected chi connectivity index (χ4v) is 2.86. The van der Waals surface area contributed by atoms with Crippen molar-refractivity contribution in [2.24, 2.45) is 0 Å². The minimum absolute atomic E-state index is 0.519. The molecule has 98 valence electrons. The summed E-state index contributed by atoms with van der Waals surface area (Å²) in [6, 6.07) is 8.14. The molecule has 19 heavy (non-hydrogen) atoms. The van der Waals surface area contributed by atoms with E-state index in [0.29, 0.717) is 24.8 Å². The summed E-state index contributed by atoms with van der Waals surface area (Å²) in [7, 11) is 0. The van der Waals surface area contributed by atoms with Crippen molar-refractivity contribution >= 4 is 27.5 Å². The summed E-state index contributed by atoms with van der Waals surface area (Å²) in [4.78, 5) is 8.98. The maximum atomic E-state index is 6.20. The topological polar surface area (TPSA) is 35.0 Å². The van der Waals surface area contributed by atoms with Crippen molar-refractivity contribution in [2.45, 2.75) is 19.4 Å². The SMILES string of the molecule is Clc1nc(Cc2cccc(Br)c2)nc2c1COCC2. The lowest BCUT2D eigenvalue weighted by Crippen LogP contribution is -2.15. The summed E-state index contributed by atoms with van der Waals surface area (Å²) in [5.74, 6) is 0.767. The summed E-state index contributed by atoms with van der Waals surface area (Å²) in [6.45, 7) is 1.22. The molecule has 1 aromatic carbocycles. The van der Waals surface area contributed by atoms with Crippen LogP contribution in [0.15, 0.2) is 28.7 Å². The van der Waals surface area contributed by atoms with Crippen molar-refractivity contribution in [3.05, 3.63) is 56.5 Å². The largest absolute Gasteiger partial charge is 0.376 e. The zero-order chi connectivity index (χ0) is 13.2. The molecule has 0 radical (unpaired) electrons. The van der Waals surface area contributed by atoms with E-state index in [1.54, 1.807) is 0 Å². The molecule has 0 aliphatic carbocycles. The summed E-state index contributed by atoms with van der Waals surface area (Å²) in [5, 5.41) is 0.523. The zero-order valence-electron chi connectivity index (χ0n) is 10.2. The second kappa shape index (κ2) is 5.57. The smallest absolute Gasteiger partial charge is 0.138 e. The van der Waals surface area contributed by atoms with Crippen LogP contribution in [0.2, 0.25) is 5.15 Å². The average molecular weight is 340 g/mol. The highest BCUT2D eigenvalue weighted by molar-refractivity contribution is 9.10. The quantitative estimate of drug-likeness (QED) is 0.785. The first kappa shape index (κ1) is 13.0. The molecule has 0 amide bonds. The van der Waals surface area contributed by atoms with Crippen LogP contribution in [0.25, 0.3) is 0 Å². The van der Waals surface area contributed by atoms with Crippen LogP contribution in [0.4, 0.5) is 0 Å². The molecular formula is C14H12BrClN2O. The van der Waals surface area contributed by atoms with Crippen molar-refractivity contribution in [1.82, 2.24) is 9.97 Å². The van der Waals surface area contributed by atoms with Gasteiger partial charge in [-0.3, -0.25) is 0 Å². The molecule has 0 spiro atoms. The van der Waals surface area contributed by atoms with Crippen molar-refractivity contribution in [3.8, 4) is 0 Å². The number of fused-ring (bicyclic) bond motifs is 1. The van der Waals surface area contributed by atoms with E-state index in [-0.39, 0.29) is 0 Å². The molecule has 2 heterocycles. The highest BCUT2D eigenvalue weighted by atomic mass is 79.9. The van der Waals surface area contributed by atoms with E-state index in [9.17, 15) is 0 Å². The fraction of sp³-hybridized carbons (Fsp3) is 0.286. The van der Waals surface area contributed by atoms with Gasteiger partial charge in [0.1, 0.15) is 11.0 Å². The van der Waals surface area contributed by atoms with E-state index in [0.717, 1.165) is 33.5 Å². The Kier molecular flexibility index (Phi) is 3.82. The molecule has 0 saturated heterocycles. The molecule has 1 aromatic heterocycles. The number of hydrogen-bond donors (Lipinski definition) is 0. The van der Waals surface area contributed by atoms with Crippen LogP contribution in [0.3, 0.4) is 0 Å².